The highest BCUT2D eigenvalue weighted by Gasteiger charge is 2.05. The number of halogens is 1. The SMILES string of the molecule is CCCOc1ccc(C=Nc2cc(Cl)ccc2C)cc1OCC. The topological polar surface area (TPSA) is 30.8 Å². The van der Waals surface area contributed by atoms with Gasteiger partial charge in [0.15, 0.2) is 11.5 Å². The third kappa shape index (κ3) is 5.00. The van der Waals surface area contributed by atoms with Gasteiger partial charge in [-0.2, -0.15) is 0 Å². The lowest BCUT2D eigenvalue weighted by Gasteiger charge is -2.11. The first-order valence-electron chi connectivity index (χ1n) is 7.84. The van der Waals surface area contributed by atoms with E-state index >= 15 is 0 Å². The quantitative estimate of drug-likeness (QED) is 0.619. The molecular weight excluding hydrogens is 310 g/mol. The lowest BCUT2D eigenvalue weighted by molar-refractivity contribution is 0.277. The molecule has 4 heteroatoms. The zero-order valence-corrected chi connectivity index (χ0v) is 14.6. The Morgan fingerprint density at radius 2 is 1.87 bits per heavy atom. The Morgan fingerprint density at radius 1 is 1.04 bits per heavy atom. The molecule has 0 bridgehead atoms. The number of ether oxygens (including phenoxy) is 2. The van der Waals surface area contributed by atoms with E-state index in [9.17, 15) is 0 Å². The lowest BCUT2D eigenvalue weighted by Crippen LogP contribution is -2.00. The van der Waals surface area contributed by atoms with Gasteiger partial charge in [0.25, 0.3) is 0 Å². The van der Waals surface area contributed by atoms with Gasteiger partial charge in [0, 0.05) is 11.2 Å². The van der Waals surface area contributed by atoms with Crippen molar-refractivity contribution < 1.29 is 9.47 Å². The molecule has 0 N–H and O–H groups in total. The molecule has 2 aromatic rings. The molecule has 0 saturated heterocycles. The minimum atomic E-state index is 0.594. The molecule has 2 aromatic carbocycles. The molecule has 2 rings (SSSR count). The molecule has 0 heterocycles. The van der Waals surface area contributed by atoms with Crippen molar-refractivity contribution in [1.29, 1.82) is 0 Å². The van der Waals surface area contributed by atoms with Gasteiger partial charge in [0.2, 0.25) is 0 Å². The van der Waals surface area contributed by atoms with Gasteiger partial charge in [-0.15, -0.1) is 0 Å². The van der Waals surface area contributed by atoms with Crippen LogP contribution >= 0.6 is 11.6 Å². The van der Waals surface area contributed by atoms with Crippen LogP contribution in [0.3, 0.4) is 0 Å². The van der Waals surface area contributed by atoms with Crippen molar-refractivity contribution >= 4 is 23.5 Å². The fraction of sp³-hybridized carbons (Fsp3) is 0.316. The summed E-state index contributed by atoms with van der Waals surface area (Å²) in [4.78, 5) is 4.52. The smallest absolute Gasteiger partial charge is 0.161 e. The van der Waals surface area contributed by atoms with Crippen LogP contribution in [0.25, 0.3) is 0 Å². The molecule has 0 aliphatic carbocycles. The summed E-state index contributed by atoms with van der Waals surface area (Å²) in [5, 5.41) is 0.682. The maximum absolute atomic E-state index is 6.02. The van der Waals surface area contributed by atoms with E-state index < -0.39 is 0 Å². The molecular formula is C19H22ClNO2. The molecule has 122 valence electrons. The molecule has 23 heavy (non-hydrogen) atoms. The number of aryl methyl sites for hydroxylation is 1. The summed E-state index contributed by atoms with van der Waals surface area (Å²) in [6, 6.07) is 11.5. The van der Waals surface area contributed by atoms with Gasteiger partial charge in [-0.05, 0) is 61.7 Å². The van der Waals surface area contributed by atoms with Crippen molar-refractivity contribution in [3.05, 3.63) is 52.5 Å². The molecule has 0 spiro atoms. The van der Waals surface area contributed by atoms with Crippen molar-refractivity contribution in [3.8, 4) is 11.5 Å². The fourth-order valence-corrected chi connectivity index (χ4v) is 2.24. The Hall–Kier alpha value is -2.00. The monoisotopic (exact) mass is 331 g/mol. The highest BCUT2D eigenvalue weighted by atomic mass is 35.5. The van der Waals surface area contributed by atoms with Crippen molar-refractivity contribution in [2.24, 2.45) is 4.99 Å². The summed E-state index contributed by atoms with van der Waals surface area (Å²) < 4.78 is 11.4. The van der Waals surface area contributed by atoms with Gasteiger partial charge < -0.3 is 9.47 Å². The minimum absolute atomic E-state index is 0.594. The van der Waals surface area contributed by atoms with Crippen LogP contribution in [0, 0.1) is 6.92 Å². The second-order valence-electron chi connectivity index (χ2n) is 5.18. The number of hydrogen-bond acceptors (Lipinski definition) is 3. The van der Waals surface area contributed by atoms with E-state index in [0.29, 0.717) is 18.2 Å². The first kappa shape index (κ1) is 17.4. The van der Waals surface area contributed by atoms with Crippen LogP contribution < -0.4 is 9.47 Å². The second kappa shape index (κ2) is 8.59. The largest absolute Gasteiger partial charge is 0.490 e. The van der Waals surface area contributed by atoms with Crippen LogP contribution in [-0.2, 0) is 0 Å². The number of hydrogen-bond donors (Lipinski definition) is 0. The summed E-state index contributed by atoms with van der Waals surface area (Å²) in [6.45, 7) is 7.32. The van der Waals surface area contributed by atoms with E-state index in [-0.39, 0.29) is 0 Å². The van der Waals surface area contributed by atoms with Crippen LogP contribution in [-0.4, -0.2) is 19.4 Å². The molecule has 0 saturated carbocycles. The van der Waals surface area contributed by atoms with Crippen LogP contribution in [0.2, 0.25) is 5.02 Å². The molecule has 0 amide bonds. The van der Waals surface area contributed by atoms with E-state index in [1.807, 2.05) is 56.5 Å². The first-order valence-corrected chi connectivity index (χ1v) is 8.21. The molecule has 0 aliphatic heterocycles. The molecule has 0 aromatic heterocycles. The van der Waals surface area contributed by atoms with Gasteiger partial charge in [0.1, 0.15) is 0 Å². The highest BCUT2D eigenvalue weighted by molar-refractivity contribution is 6.30. The van der Waals surface area contributed by atoms with E-state index in [1.54, 1.807) is 0 Å². The molecule has 0 aliphatic rings. The fourth-order valence-electron chi connectivity index (χ4n) is 2.07. The Balaban J connectivity index is 2.23. The lowest BCUT2D eigenvalue weighted by atomic mass is 10.2. The van der Waals surface area contributed by atoms with Gasteiger partial charge in [0.05, 0.1) is 18.9 Å². The molecule has 0 atom stereocenters. The van der Waals surface area contributed by atoms with Crippen molar-refractivity contribution in [2.45, 2.75) is 27.2 Å². The first-order chi connectivity index (χ1) is 11.1. The van der Waals surface area contributed by atoms with Crippen LogP contribution in [0.5, 0.6) is 11.5 Å². The zero-order chi connectivity index (χ0) is 16.7. The van der Waals surface area contributed by atoms with E-state index in [1.165, 1.54) is 0 Å². The number of aliphatic imine (C=N–C) groups is 1. The molecule has 0 fully saturated rings. The maximum atomic E-state index is 6.02. The average Bonchev–Trinajstić information content (AvgIpc) is 2.55. The minimum Gasteiger partial charge on any atom is -0.490 e. The maximum Gasteiger partial charge on any atom is 0.161 e. The summed E-state index contributed by atoms with van der Waals surface area (Å²) in [7, 11) is 0. The summed E-state index contributed by atoms with van der Waals surface area (Å²) in [5.74, 6) is 1.51. The Bertz CT molecular complexity index is 683. The second-order valence-corrected chi connectivity index (χ2v) is 5.61. The standard InChI is InChI=1S/C19H22ClNO2/c1-4-10-23-18-9-7-15(11-19(18)22-5-2)13-21-17-12-16(20)8-6-14(17)3/h6-9,11-13H,4-5,10H2,1-3H3. The van der Waals surface area contributed by atoms with Crippen molar-refractivity contribution in [1.82, 2.24) is 0 Å². The normalized spacial score (nSPS) is 11.0. The summed E-state index contributed by atoms with van der Waals surface area (Å²) in [6.07, 6.45) is 2.77. The molecule has 3 nitrogen and oxygen atoms in total. The van der Waals surface area contributed by atoms with Gasteiger partial charge >= 0.3 is 0 Å². The predicted octanol–water partition coefficient (Wildman–Crippen LogP) is 5.59. The average molecular weight is 332 g/mol. The predicted molar refractivity (Wildman–Crippen MR) is 96.8 cm³/mol. The Morgan fingerprint density at radius 3 is 2.61 bits per heavy atom. The van der Waals surface area contributed by atoms with Crippen LogP contribution in [0.1, 0.15) is 31.4 Å². The third-order valence-corrected chi connectivity index (χ3v) is 3.49. The Kier molecular flexibility index (Phi) is 6.48. The van der Waals surface area contributed by atoms with E-state index in [2.05, 4.69) is 11.9 Å². The number of nitrogens with zero attached hydrogens (tertiary/aromatic N) is 1. The summed E-state index contributed by atoms with van der Waals surface area (Å²) in [5.41, 5.74) is 2.90. The van der Waals surface area contributed by atoms with E-state index in [4.69, 9.17) is 21.1 Å². The van der Waals surface area contributed by atoms with Gasteiger partial charge in [-0.25, -0.2) is 0 Å². The molecule has 0 unspecified atom stereocenters. The highest BCUT2D eigenvalue weighted by Crippen LogP contribution is 2.29. The van der Waals surface area contributed by atoms with E-state index in [0.717, 1.165) is 34.7 Å². The van der Waals surface area contributed by atoms with Gasteiger partial charge in [-0.3, -0.25) is 4.99 Å². The number of benzene rings is 2. The van der Waals surface area contributed by atoms with Gasteiger partial charge in [-0.1, -0.05) is 24.6 Å². The molecule has 0 radical (unpaired) electrons. The Labute approximate surface area is 142 Å². The van der Waals surface area contributed by atoms with Crippen molar-refractivity contribution in [2.75, 3.05) is 13.2 Å². The number of rotatable bonds is 7. The zero-order valence-electron chi connectivity index (χ0n) is 13.8. The van der Waals surface area contributed by atoms with Crippen LogP contribution in [0.4, 0.5) is 5.69 Å². The summed E-state index contributed by atoms with van der Waals surface area (Å²) >= 11 is 6.02. The van der Waals surface area contributed by atoms with Crippen molar-refractivity contribution in [3.63, 3.8) is 0 Å². The van der Waals surface area contributed by atoms with Crippen LogP contribution in [0.15, 0.2) is 41.4 Å². The third-order valence-electron chi connectivity index (χ3n) is 3.25.